The number of nitrogens with zero attached hydrogens (tertiary/aromatic N) is 1. The van der Waals surface area contributed by atoms with Gasteiger partial charge in [0, 0.05) is 11.6 Å². The van der Waals surface area contributed by atoms with Gasteiger partial charge >= 0.3 is 6.09 Å². The number of amides is 2. The van der Waals surface area contributed by atoms with E-state index in [0.29, 0.717) is 12.5 Å². The zero-order chi connectivity index (χ0) is 23.3. The van der Waals surface area contributed by atoms with Gasteiger partial charge in [-0.2, -0.15) is 0 Å². The number of nitrogens with one attached hydrogen (secondary N) is 2. The lowest BCUT2D eigenvalue weighted by Crippen LogP contribution is -2.35. The Morgan fingerprint density at radius 2 is 2.06 bits per heavy atom. The van der Waals surface area contributed by atoms with Crippen LogP contribution in [-0.4, -0.2) is 48.5 Å². The molecule has 1 atom stereocenters. The Balaban J connectivity index is 1.65. The van der Waals surface area contributed by atoms with Gasteiger partial charge in [0.1, 0.15) is 6.61 Å². The topological polar surface area (TPSA) is 119 Å². The first-order chi connectivity index (χ1) is 15.3. The number of hydrogen-bond donors (Lipinski definition) is 3. The summed E-state index contributed by atoms with van der Waals surface area (Å²) in [6, 6.07) is 3.36. The van der Waals surface area contributed by atoms with Crippen molar-refractivity contribution in [2.45, 2.75) is 25.8 Å². The van der Waals surface area contributed by atoms with Crippen LogP contribution in [0.4, 0.5) is 14.9 Å². The van der Waals surface area contributed by atoms with Gasteiger partial charge in [-0.05, 0) is 37.8 Å². The van der Waals surface area contributed by atoms with E-state index < -0.39 is 23.9 Å². The summed E-state index contributed by atoms with van der Waals surface area (Å²) in [5, 5.41) is 13.6. The summed E-state index contributed by atoms with van der Waals surface area (Å²) in [6.07, 6.45) is 2.23. The van der Waals surface area contributed by atoms with Gasteiger partial charge in [0.2, 0.25) is 5.88 Å². The van der Waals surface area contributed by atoms with Crippen LogP contribution in [0.15, 0.2) is 24.4 Å². The maximum Gasteiger partial charge on any atom is 0.404 e. The van der Waals surface area contributed by atoms with Gasteiger partial charge in [-0.3, -0.25) is 4.79 Å². The van der Waals surface area contributed by atoms with Crippen molar-refractivity contribution in [3.05, 3.63) is 40.8 Å². The number of methoxy groups -OCH3 is 1. The Kier molecular flexibility index (Phi) is 7.57. The number of carbonyl (C=O) groups excluding carboxylic acids is 1. The molecule has 1 fully saturated rings. The van der Waals surface area contributed by atoms with E-state index in [2.05, 4.69) is 15.6 Å². The van der Waals surface area contributed by atoms with E-state index in [1.165, 1.54) is 25.4 Å². The van der Waals surface area contributed by atoms with Crippen LogP contribution >= 0.6 is 11.6 Å². The number of rotatable bonds is 10. The van der Waals surface area contributed by atoms with Crippen LogP contribution < -0.4 is 24.8 Å². The molecular weight excluding hydrogens is 445 g/mol. The van der Waals surface area contributed by atoms with E-state index in [1.54, 1.807) is 6.92 Å². The Hall–Kier alpha value is -3.27. The summed E-state index contributed by atoms with van der Waals surface area (Å²) in [4.78, 5) is 27.3. The summed E-state index contributed by atoms with van der Waals surface area (Å²) in [7, 11) is 1.37. The van der Waals surface area contributed by atoms with E-state index in [-0.39, 0.29) is 40.3 Å². The fourth-order valence-electron chi connectivity index (χ4n) is 2.72. The first kappa shape index (κ1) is 23.4. The SMILES string of the molecule is COc1cc(C(=O)Nc2cnc(OC[C@H](C)NC(=O)O)cc2Cl)cc(F)c1OCC1CC1. The Morgan fingerprint density at radius 1 is 1.31 bits per heavy atom. The van der Waals surface area contributed by atoms with Gasteiger partial charge in [-0.1, -0.05) is 11.6 Å². The summed E-state index contributed by atoms with van der Waals surface area (Å²) in [5.74, 6) is -0.645. The first-order valence-electron chi connectivity index (χ1n) is 9.86. The highest BCUT2D eigenvalue weighted by Gasteiger charge is 2.24. The largest absolute Gasteiger partial charge is 0.493 e. The molecule has 2 aromatic rings. The number of anilines is 1. The van der Waals surface area contributed by atoms with Crippen molar-refractivity contribution in [2.24, 2.45) is 5.92 Å². The number of ether oxygens (including phenoxy) is 3. The Bertz CT molecular complexity index is 1000. The van der Waals surface area contributed by atoms with Crippen molar-refractivity contribution in [2.75, 3.05) is 25.6 Å². The van der Waals surface area contributed by atoms with Crippen molar-refractivity contribution in [3.63, 3.8) is 0 Å². The highest BCUT2D eigenvalue weighted by molar-refractivity contribution is 6.34. The second kappa shape index (κ2) is 10.4. The molecule has 0 aliphatic heterocycles. The van der Waals surface area contributed by atoms with E-state index in [9.17, 15) is 14.0 Å². The van der Waals surface area contributed by atoms with Gasteiger partial charge in [0.25, 0.3) is 5.91 Å². The molecule has 0 bridgehead atoms. The third kappa shape index (κ3) is 6.36. The van der Waals surface area contributed by atoms with Crippen molar-refractivity contribution >= 4 is 29.3 Å². The molecule has 0 spiro atoms. The molecule has 0 saturated heterocycles. The van der Waals surface area contributed by atoms with Crippen LogP contribution in [0.3, 0.4) is 0 Å². The number of halogens is 2. The third-order valence-electron chi connectivity index (χ3n) is 4.58. The average Bonchev–Trinajstić information content (AvgIpc) is 3.56. The second-order valence-electron chi connectivity index (χ2n) is 7.36. The summed E-state index contributed by atoms with van der Waals surface area (Å²) >= 11 is 6.19. The monoisotopic (exact) mass is 467 g/mol. The zero-order valence-corrected chi connectivity index (χ0v) is 18.2. The fourth-order valence-corrected chi connectivity index (χ4v) is 2.91. The Morgan fingerprint density at radius 3 is 2.69 bits per heavy atom. The molecule has 0 unspecified atom stereocenters. The molecule has 3 rings (SSSR count). The minimum Gasteiger partial charge on any atom is -0.493 e. The lowest BCUT2D eigenvalue weighted by molar-refractivity contribution is 0.102. The molecule has 3 N–H and O–H groups in total. The number of aromatic nitrogens is 1. The molecule has 0 radical (unpaired) electrons. The van der Waals surface area contributed by atoms with Gasteiger partial charge in [-0.15, -0.1) is 0 Å². The van der Waals surface area contributed by atoms with Crippen LogP contribution in [0.25, 0.3) is 0 Å². The van der Waals surface area contributed by atoms with Crippen LogP contribution in [0.5, 0.6) is 17.4 Å². The van der Waals surface area contributed by atoms with Crippen LogP contribution in [-0.2, 0) is 0 Å². The molecule has 9 nitrogen and oxygen atoms in total. The predicted molar refractivity (Wildman–Crippen MR) is 114 cm³/mol. The number of benzene rings is 1. The molecule has 1 aromatic heterocycles. The smallest absolute Gasteiger partial charge is 0.404 e. The maximum atomic E-state index is 14.5. The summed E-state index contributed by atoms with van der Waals surface area (Å²) in [6.45, 7) is 2.06. The predicted octanol–water partition coefficient (Wildman–Crippen LogP) is 3.96. The molecule has 1 aliphatic carbocycles. The van der Waals surface area contributed by atoms with E-state index in [1.807, 2.05) is 0 Å². The van der Waals surface area contributed by atoms with Crippen LogP contribution in [0, 0.1) is 11.7 Å². The highest BCUT2D eigenvalue weighted by Crippen LogP contribution is 2.35. The van der Waals surface area contributed by atoms with Gasteiger partial charge in [0.15, 0.2) is 17.3 Å². The normalized spacial score (nSPS) is 13.8. The lowest BCUT2D eigenvalue weighted by atomic mass is 10.1. The van der Waals surface area contributed by atoms with Crippen molar-refractivity contribution in [3.8, 4) is 17.4 Å². The molecule has 1 saturated carbocycles. The quantitative estimate of drug-likeness (QED) is 0.484. The molecule has 1 aromatic carbocycles. The van der Waals surface area contributed by atoms with Gasteiger partial charge in [-0.25, -0.2) is 14.2 Å². The summed E-state index contributed by atoms with van der Waals surface area (Å²) in [5.41, 5.74) is 0.206. The fraction of sp³-hybridized carbons (Fsp3) is 0.381. The summed E-state index contributed by atoms with van der Waals surface area (Å²) < 4.78 is 30.6. The van der Waals surface area contributed by atoms with Crippen LogP contribution in [0.1, 0.15) is 30.1 Å². The van der Waals surface area contributed by atoms with Crippen LogP contribution in [0.2, 0.25) is 5.02 Å². The van der Waals surface area contributed by atoms with Crippen molar-refractivity contribution < 1.29 is 33.3 Å². The number of carbonyl (C=O) groups is 2. The van der Waals surface area contributed by atoms with Gasteiger partial charge < -0.3 is 30.0 Å². The van der Waals surface area contributed by atoms with Gasteiger partial charge in [0.05, 0.1) is 36.7 Å². The van der Waals surface area contributed by atoms with Crippen molar-refractivity contribution in [1.29, 1.82) is 0 Å². The Labute approximate surface area is 188 Å². The lowest BCUT2D eigenvalue weighted by Gasteiger charge is -2.14. The average molecular weight is 468 g/mol. The standard InChI is InChI=1S/C21H23ClFN3O6/c1-11(25-21(28)29)9-31-18-7-14(22)16(8-24-18)26-20(27)13-5-15(23)19(17(6-13)30-2)32-10-12-3-4-12/h5-8,11-12,25H,3-4,9-10H2,1-2H3,(H,26,27)(H,28,29)/t11-/m0/s1. The third-order valence-corrected chi connectivity index (χ3v) is 4.89. The molecule has 172 valence electrons. The molecule has 1 heterocycles. The minimum absolute atomic E-state index is 0.0167. The minimum atomic E-state index is -1.17. The molecule has 1 aliphatic rings. The zero-order valence-electron chi connectivity index (χ0n) is 17.5. The van der Waals surface area contributed by atoms with E-state index >= 15 is 0 Å². The van der Waals surface area contributed by atoms with E-state index in [4.69, 9.17) is 30.9 Å². The number of carboxylic acid groups (broad SMARTS) is 1. The number of pyridine rings is 1. The molecular formula is C21H23ClFN3O6. The molecule has 11 heteroatoms. The first-order valence-corrected chi connectivity index (χ1v) is 10.2. The highest BCUT2D eigenvalue weighted by atomic mass is 35.5. The molecule has 32 heavy (non-hydrogen) atoms. The molecule has 2 amide bonds. The maximum absolute atomic E-state index is 14.5. The second-order valence-corrected chi connectivity index (χ2v) is 7.77. The van der Waals surface area contributed by atoms with E-state index in [0.717, 1.165) is 18.9 Å². The number of hydrogen-bond acceptors (Lipinski definition) is 6. The van der Waals surface area contributed by atoms with Crippen molar-refractivity contribution in [1.82, 2.24) is 10.3 Å².